The lowest BCUT2D eigenvalue weighted by Gasteiger charge is -2.50. The summed E-state index contributed by atoms with van der Waals surface area (Å²) in [6.07, 6.45) is 5.91. The quantitative estimate of drug-likeness (QED) is 0.798. The second-order valence-corrected chi connectivity index (χ2v) is 8.85. The van der Waals surface area contributed by atoms with E-state index < -0.39 is 11.6 Å². The zero-order valence-electron chi connectivity index (χ0n) is 16.6. The van der Waals surface area contributed by atoms with Crippen molar-refractivity contribution in [1.29, 1.82) is 5.26 Å². The fourth-order valence-electron chi connectivity index (χ4n) is 5.70. The zero-order chi connectivity index (χ0) is 20.5. The molecule has 2 aromatic carbocycles. The van der Waals surface area contributed by atoms with Crippen molar-refractivity contribution >= 4 is 5.97 Å². The maximum Gasteiger partial charge on any atom is 0.335 e. The van der Waals surface area contributed by atoms with Crippen molar-refractivity contribution in [2.24, 2.45) is 5.92 Å². The van der Waals surface area contributed by atoms with Gasteiger partial charge in [0, 0.05) is 5.41 Å². The van der Waals surface area contributed by atoms with Crippen molar-refractivity contribution < 1.29 is 15.0 Å². The van der Waals surface area contributed by atoms with Crippen LogP contribution in [0.15, 0.2) is 48.5 Å². The summed E-state index contributed by atoms with van der Waals surface area (Å²) in [6.45, 7) is 0. The van der Waals surface area contributed by atoms with Crippen LogP contribution in [-0.4, -0.2) is 21.8 Å². The third kappa shape index (κ3) is 3.68. The first-order valence-corrected chi connectivity index (χ1v) is 10.5. The maximum absolute atomic E-state index is 11.5. The molecule has 4 heteroatoms. The van der Waals surface area contributed by atoms with E-state index in [9.17, 15) is 20.3 Å². The van der Waals surface area contributed by atoms with E-state index in [4.69, 9.17) is 0 Å². The second-order valence-electron chi connectivity index (χ2n) is 8.85. The van der Waals surface area contributed by atoms with Gasteiger partial charge in [0.05, 0.1) is 23.7 Å². The molecule has 0 bridgehead atoms. The van der Waals surface area contributed by atoms with E-state index in [0.717, 1.165) is 37.7 Å². The monoisotopic (exact) mass is 389 g/mol. The highest BCUT2D eigenvalue weighted by molar-refractivity contribution is 5.88. The van der Waals surface area contributed by atoms with Crippen molar-refractivity contribution in [3.05, 3.63) is 70.8 Å². The summed E-state index contributed by atoms with van der Waals surface area (Å²) < 4.78 is 0. The number of aromatic carboxylic acids is 1. The number of hydrogen-bond donors (Lipinski definition) is 2. The molecule has 0 aliphatic heterocycles. The molecule has 0 saturated heterocycles. The number of fused-ring (bicyclic) bond motifs is 3. The fraction of sp³-hybridized carbons (Fsp3) is 0.440. The van der Waals surface area contributed by atoms with E-state index in [0.29, 0.717) is 18.4 Å². The normalized spacial score (nSPS) is 28.5. The number of aliphatic hydroxyl groups is 1. The van der Waals surface area contributed by atoms with Crippen LogP contribution in [0.25, 0.3) is 0 Å². The Kier molecular flexibility index (Phi) is 5.19. The van der Waals surface area contributed by atoms with Crippen LogP contribution in [-0.2, 0) is 18.3 Å². The number of hydrogen-bond acceptors (Lipinski definition) is 3. The summed E-state index contributed by atoms with van der Waals surface area (Å²) in [5.74, 6) is -0.621. The summed E-state index contributed by atoms with van der Waals surface area (Å²) in [5.41, 5.74) is 2.94. The minimum Gasteiger partial charge on any atom is -0.478 e. The highest BCUT2D eigenvalue weighted by atomic mass is 16.4. The number of nitrogens with zero attached hydrogens (tertiary/aromatic N) is 1. The van der Waals surface area contributed by atoms with Gasteiger partial charge in [-0.15, -0.1) is 0 Å². The lowest BCUT2D eigenvalue weighted by molar-refractivity contribution is -0.0437. The van der Waals surface area contributed by atoms with E-state index in [-0.39, 0.29) is 17.8 Å². The number of rotatable bonds is 4. The standard InChI is InChI=1S/C25H27NO3/c26-14-13-24(29)11-12-25(16-18-5-2-1-3-6-18)21(17-24)8-4-7-19-15-20(23(27)28)9-10-22(19)25/h1-3,5-6,9-10,15,21,29H,4,7-8,11-13,16-17H2,(H,27,28)/t21-,24-,25-/m1/s1. The Balaban J connectivity index is 1.82. The topological polar surface area (TPSA) is 81.3 Å². The van der Waals surface area contributed by atoms with Crippen LogP contribution in [0.1, 0.15) is 65.6 Å². The summed E-state index contributed by atoms with van der Waals surface area (Å²) >= 11 is 0. The number of carboxylic acid groups (broad SMARTS) is 1. The minimum atomic E-state index is -0.912. The Labute approximate surface area is 171 Å². The average molecular weight is 389 g/mol. The van der Waals surface area contributed by atoms with E-state index in [1.165, 1.54) is 11.1 Å². The van der Waals surface area contributed by atoms with E-state index >= 15 is 0 Å². The third-order valence-electron chi connectivity index (χ3n) is 7.10. The summed E-state index contributed by atoms with van der Waals surface area (Å²) in [5, 5.41) is 29.7. The van der Waals surface area contributed by atoms with E-state index in [1.807, 2.05) is 18.2 Å². The molecule has 3 atom stereocenters. The highest BCUT2D eigenvalue weighted by Crippen LogP contribution is 2.54. The first-order chi connectivity index (χ1) is 14.0. The van der Waals surface area contributed by atoms with Crippen LogP contribution < -0.4 is 0 Å². The Morgan fingerprint density at radius 3 is 2.69 bits per heavy atom. The molecule has 0 unspecified atom stereocenters. The number of aryl methyl sites for hydroxylation is 1. The number of nitriles is 1. The van der Waals surface area contributed by atoms with Gasteiger partial charge in [0.2, 0.25) is 0 Å². The number of benzene rings is 2. The van der Waals surface area contributed by atoms with Gasteiger partial charge >= 0.3 is 5.97 Å². The molecule has 0 amide bonds. The van der Waals surface area contributed by atoms with Crippen LogP contribution in [0.3, 0.4) is 0 Å². The van der Waals surface area contributed by atoms with Crippen LogP contribution >= 0.6 is 0 Å². The van der Waals surface area contributed by atoms with Gasteiger partial charge in [-0.3, -0.25) is 0 Å². The van der Waals surface area contributed by atoms with Crippen molar-refractivity contribution in [3.63, 3.8) is 0 Å². The van der Waals surface area contributed by atoms with Gasteiger partial charge in [-0.25, -0.2) is 4.79 Å². The van der Waals surface area contributed by atoms with Gasteiger partial charge < -0.3 is 10.2 Å². The molecule has 2 aromatic rings. The second kappa shape index (κ2) is 7.65. The zero-order valence-corrected chi connectivity index (χ0v) is 16.6. The molecule has 4 nitrogen and oxygen atoms in total. The van der Waals surface area contributed by atoms with Crippen molar-refractivity contribution in [2.75, 3.05) is 0 Å². The average Bonchev–Trinajstić information content (AvgIpc) is 2.85. The molecule has 0 aromatic heterocycles. The van der Waals surface area contributed by atoms with Gasteiger partial charge in [0.15, 0.2) is 0 Å². The number of carbonyl (C=O) groups is 1. The molecule has 2 N–H and O–H groups in total. The van der Waals surface area contributed by atoms with E-state index in [1.54, 1.807) is 6.07 Å². The molecule has 150 valence electrons. The van der Waals surface area contributed by atoms with Gasteiger partial charge in [0.25, 0.3) is 0 Å². The SMILES string of the molecule is N#CC[C@]1(O)CC[C@]2(Cc3ccccc3)c3ccc(C(=O)O)cc3CCC[C@@H]2C1. The Morgan fingerprint density at radius 1 is 1.17 bits per heavy atom. The predicted molar refractivity (Wildman–Crippen MR) is 111 cm³/mol. The first-order valence-electron chi connectivity index (χ1n) is 10.5. The predicted octanol–water partition coefficient (Wildman–Crippen LogP) is 4.65. The van der Waals surface area contributed by atoms with Crippen LogP contribution in [0.4, 0.5) is 0 Å². The van der Waals surface area contributed by atoms with Crippen molar-refractivity contribution in [3.8, 4) is 6.07 Å². The molecular weight excluding hydrogens is 362 g/mol. The first kappa shape index (κ1) is 19.7. The largest absolute Gasteiger partial charge is 0.478 e. The molecule has 29 heavy (non-hydrogen) atoms. The fourth-order valence-corrected chi connectivity index (χ4v) is 5.70. The smallest absolute Gasteiger partial charge is 0.335 e. The lowest BCUT2D eigenvalue weighted by Crippen LogP contribution is -2.49. The molecule has 2 aliphatic carbocycles. The van der Waals surface area contributed by atoms with Crippen LogP contribution in [0.5, 0.6) is 0 Å². The highest BCUT2D eigenvalue weighted by Gasteiger charge is 2.50. The molecule has 1 saturated carbocycles. The van der Waals surface area contributed by atoms with Gasteiger partial charge in [-0.2, -0.15) is 5.26 Å². The Bertz CT molecular complexity index is 948. The molecule has 0 spiro atoms. The molecular formula is C25H27NO3. The van der Waals surface area contributed by atoms with Crippen LogP contribution in [0.2, 0.25) is 0 Å². The van der Waals surface area contributed by atoms with Crippen LogP contribution in [0, 0.1) is 17.2 Å². The molecule has 0 radical (unpaired) electrons. The van der Waals surface area contributed by atoms with Gasteiger partial charge in [-0.1, -0.05) is 36.4 Å². The number of carboxylic acids is 1. The summed E-state index contributed by atoms with van der Waals surface area (Å²) in [6, 6.07) is 18.2. The third-order valence-corrected chi connectivity index (χ3v) is 7.10. The Morgan fingerprint density at radius 2 is 1.97 bits per heavy atom. The molecule has 0 heterocycles. The minimum absolute atomic E-state index is 0.133. The summed E-state index contributed by atoms with van der Waals surface area (Å²) in [4.78, 5) is 11.5. The molecule has 4 rings (SSSR count). The van der Waals surface area contributed by atoms with Gasteiger partial charge in [-0.05, 0) is 79.7 Å². The van der Waals surface area contributed by atoms with Gasteiger partial charge in [0.1, 0.15) is 0 Å². The molecule has 2 aliphatic rings. The van der Waals surface area contributed by atoms with Crippen molar-refractivity contribution in [2.45, 2.75) is 62.4 Å². The van der Waals surface area contributed by atoms with Crippen molar-refractivity contribution in [1.82, 2.24) is 0 Å². The summed E-state index contributed by atoms with van der Waals surface area (Å²) in [7, 11) is 0. The maximum atomic E-state index is 11.5. The lowest BCUT2D eigenvalue weighted by atomic mass is 9.55. The van der Waals surface area contributed by atoms with E-state index in [2.05, 4.69) is 30.3 Å². The molecule has 1 fully saturated rings. The Hall–Kier alpha value is -2.64.